The maximum atomic E-state index is 12.7. The van der Waals surface area contributed by atoms with Gasteiger partial charge in [-0.1, -0.05) is 48.5 Å². The summed E-state index contributed by atoms with van der Waals surface area (Å²) in [6.45, 7) is 0.861. The number of likely N-dealkylation sites (tertiary alicyclic amines) is 1. The van der Waals surface area contributed by atoms with Gasteiger partial charge in [-0.15, -0.1) is 0 Å². The topological polar surface area (TPSA) is 66.8 Å². The minimum Gasteiger partial charge on any atom is -0.481 e. The Kier molecular flexibility index (Phi) is 3.71. The average Bonchev–Trinajstić information content (AvgIpc) is 3.35. The first kappa shape index (κ1) is 16.4. The van der Waals surface area contributed by atoms with E-state index in [0.29, 0.717) is 6.54 Å². The van der Waals surface area contributed by atoms with Crippen molar-refractivity contribution in [3.63, 3.8) is 0 Å². The number of fused-ring (bicyclic) bond motifs is 4. The fourth-order valence-corrected chi connectivity index (χ4v) is 5.00. The van der Waals surface area contributed by atoms with Crippen LogP contribution in [0.1, 0.15) is 29.9 Å². The van der Waals surface area contributed by atoms with Gasteiger partial charge in [0.25, 0.3) is 0 Å². The Labute approximate surface area is 157 Å². The van der Waals surface area contributed by atoms with Crippen molar-refractivity contribution in [2.45, 2.75) is 24.8 Å². The van der Waals surface area contributed by atoms with Gasteiger partial charge in [-0.05, 0) is 41.0 Å². The van der Waals surface area contributed by atoms with Crippen LogP contribution in [-0.4, -0.2) is 41.3 Å². The molecule has 1 saturated heterocycles. The van der Waals surface area contributed by atoms with Crippen LogP contribution in [0.4, 0.5) is 4.79 Å². The number of carbonyl (C=O) groups excluding carboxylic acids is 1. The van der Waals surface area contributed by atoms with Gasteiger partial charge in [-0.25, -0.2) is 4.79 Å². The van der Waals surface area contributed by atoms with Gasteiger partial charge < -0.3 is 14.7 Å². The molecule has 1 aliphatic heterocycles. The third-order valence-electron chi connectivity index (χ3n) is 6.28. The van der Waals surface area contributed by atoms with Gasteiger partial charge >= 0.3 is 12.1 Å². The van der Waals surface area contributed by atoms with Crippen molar-refractivity contribution in [1.82, 2.24) is 4.90 Å². The minimum atomic E-state index is -0.802. The molecule has 2 aromatic carbocycles. The second kappa shape index (κ2) is 6.12. The molecule has 1 N–H and O–H groups in total. The summed E-state index contributed by atoms with van der Waals surface area (Å²) in [4.78, 5) is 25.7. The first-order chi connectivity index (χ1) is 13.2. The van der Waals surface area contributed by atoms with Gasteiger partial charge in [0.15, 0.2) is 0 Å². The number of piperidine rings is 1. The van der Waals surface area contributed by atoms with E-state index >= 15 is 0 Å². The molecule has 0 bridgehead atoms. The van der Waals surface area contributed by atoms with Gasteiger partial charge in [0, 0.05) is 12.5 Å². The number of amides is 1. The Morgan fingerprint density at radius 3 is 2.30 bits per heavy atom. The maximum Gasteiger partial charge on any atom is 0.410 e. The number of carbonyl (C=O) groups is 2. The highest BCUT2D eigenvalue weighted by Crippen LogP contribution is 2.50. The zero-order chi connectivity index (χ0) is 18.5. The summed E-state index contributed by atoms with van der Waals surface area (Å²) in [6, 6.07) is 16.3. The van der Waals surface area contributed by atoms with Crippen LogP contribution in [0.25, 0.3) is 11.1 Å². The zero-order valence-electron chi connectivity index (χ0n) is 14.9. The molecule has 1 saturated carbocycles. The Morgan fingerprint density at radius 1 is 1.04 bits per heavy atom. The summed E-state index contributed by atoms with van der Waals surface area (Å²) in [7, 11) is 0. The smallest absolute Gasteiger partial charge is 0.410 e. The molecule has 0 radical (unpaired) electrons. The number of hydrogen-bond acceptors (Lipinski definition) is 3. The fourth-order valence-electron chi connectivity index (χ4n) is 5.00. The molecule has 2 aromatic rings. The van der Waals surface area contributed by atoms with Crippen LogP contribution >= 0.6 is 0 Å². The fraction of sp³-hybridized carbons (Fsp3) is 0.364. The van der Waals surface area contributed by atoms with E-state index in [1.165, 1.54) is 22.3 Å². The third kappa shape index (κ3) is 2.52. The lowest BCUT2D eigenvalue weighted by molar-refractivity contribution is -0.139. The first-order valence-electron chi connectivity index (χ1n) is 9.51. The number of carboxylic acid groups (broad SMARTS) is 1. The molecule has 3 atom stereocenters. The zero-order valence-corrected chi connectivity index (χ0v) is 14.9. The molecule has 2 aliphatic carbocycles. The van der Waals surface area contributed by atoms with Crippen molar-refractivity contribution in [2.24, 2.45) is 11.8 Å². The molecule has 5 rings (SSSR count). The highest BCUT2D eigenvalue weighted by atomic mass is 16.6. The Balaban J connectivity index is 1.33. The quantitative estimate of drug-likeness (QED) is 0.902. The highest BCUT2D eigenvalue weighted by molar-refractivity contribution is 5.80. The summed E-state index contributed by atoms with van der Waals surface area (Å²) in [6.07, 6.45) is 1.35. The summed E-state index contributed by atoms with van der Waals surface area (Å²) < 4.78 is 5.70. The van der Waals surface area contributed by atoms with Crippen LogP contribution in [0.15, 0.2) is 48.5 Å². The molecule has 0 spiro atoms. The molecule has 2 fully saturated rings. The molecule has 5 nitrogen and oxygen atoms in total. The number of rotatable bonds is 3. The molecular weight excluding hydrogens is 342 g/mol. The number of aliphatic carboxylic acids is 1. The maximum absolute atomic E-state index is 12.7. The highest BCUT2D eigenvalue weighted by Gasteiger charge is 2.60. The minimum absolute atomic E-state index is 0.0245. The van der Waals surface area contributed by atoms with Gasteiger partial charge in [0.1, 0.15) is 6.61 Å². The van der Waals surface area contributed by atoms with E-state index in [2.05, 4.69) is 24.3 Å². The number of carboxylic acids is 1. The first-order valence-corrected chi connectivity index (χ1v) is 9.51. The van der Waals surface area contributed by atoms with Gasteiger partial charge in [0.05, 0.1) is 12.0 Å². The third-order valence-corrected chi connectivity index (χ3v) is 6.28. The van der Waals surface area contributed by atoms with Crippen molar-refractivity contribution in [2.75, 3.05) is 13.2 Å². The predicted octanol–water partition coefficient (Wildman–Crippen LogP) is 3.73. The molecule has 138 valence electrons. The van der Waals surface area contributed by atoms with Crippen LogP contribution < -0.4 is 0 Å². The van der Waals surface area contributed by atoms with Crippen LogP contribution in [0.2, 0.25) is 0 Å². The number of nitrogens with zero attached hydrogens (tertiary/aromatic N) is 1. The largest absolute Gasteiger partial charge is 0.481 e. The summed E-state index contributed by atoms with van der Waals surface area (Å²) >= 11 is 0. The Bertz CT molecular complexity index is 879. The average molecular weight is 363 g/mol. The van der Waals surface area contributed by atoms with E-state index in [1.807, 2.05) is 24.3 Å². The lowest BCUT2D eigenvalue weighted by atomic mass is 9.98. The van der Waals surface area contributed by atoms with E-state index in [-0.39, 0.29) is 30.6 Å². The molecule has 0 aromatic heterocycles. The Morgan fingerprint density at radius 2 is 1.67 bits per heavy atom. The predicted molar refractivity (Wildman–Crippen MR) is 99.4 cm³/mol. The number of benzene rings is 2. The van der Waals surface area contributed by atoms with Crippen LogP contribution in [-0.2, 0) is 9.53 Å². The molecule has 5 heteroatoms. The lowest BCUT2D eigenvalue weighted by Gasteiger charge is -2.26. The van der Waals surface area contributed by atoms with E-state index in [1.54, 1.807) is 4.90 Å². The van der Waals surface area contributed by atoms with Crippen LogP contribution in [0.5, 0.6) is 0 Å². The molecule has 3 aliphatic rings. The second-order valence-corrected chi connectivity index (χ2v) is 7.66. The van der Waals surface area contributed by atoms with Gasteiger partial charge in [-0.2, -0.15) is 0 Å². The summed E-state index contributed by atoms with van der Waals surface area (Å²) in [5, 5.41) is 9.33. The SMILES string of the molecule is O=C(O)C1C2CCCN(C(=O)OCC3c4ccccc4-c4ccccc43)C21. The van der Waals surface area contributed by atoms with Crippen molar-refractivity contribution in [3.05, 3.63) is 59.7 Å². The molecular formula is C22H21NO4. The van der Waals surface area contributed by atoms with Crippen molar-refractivity contribution in [1.29, 1.82) is 0 Å². The lowest BCUT2D eigenvalue weighted by Crippen LogP contribution is -2.39. The normalized spacial score (nSPS) is 25.3. The monoisotopic (exact) mass is 363 g/mol. The molecule has 1 amide bonds. The summed E-state index contributed by atoms with van der Waals surface area (Å²) in [5.74, 6) is -1.11. The van der Waals surface area contributed by atoms with Crippen molar-refractivity contribution < 1.29 is 19.4 Å². The number of ether oxygens (including phenoxy) is 1. The van der Waals surface area contributed by atoms with E-state index < -0.39 is 11.9 Å². The van der Waals surface area contributed by atoms with Crippen molar-refractivity contribution in [3.8, 4) is 11.1 Å². The van der Waals surface area contributed by atoms with E-state index in [4.69, 9.17) is 4.74 Å². The second-order valence-electron chi connectivity index (χ2n) is 7.66. The van der Waals surface area contributed by atoms with Crippen LogP contribution in [0, 0.1) is 11.8 Å². The van der Waals surface area contributed by atoms with Gasteiger partial charge in [-0.3, -0.25) is 4.79 Å². The molecule has 3 unspecified atom stereocenters. The summed E-state index contributed by atoms with van der Waals surface area (Å²) in [5.41, 5.74) is 4.75. The van der Waals surface area contributed by atoms with Crippen LogP contribution in [0.3, 0.4) is 0 Å². The van der Waals surface area contributed by atoms with Gasteiger partial charge in [0.2, 0.25) is 0 Å². The van der Waals surface area contributed by atoms with Crippen molar-refractivity contribution >= 4 is 12.1 Å². The van der Waals surface area contributed by atoms with E-state index in [9.17, 15) is 14.7 Å². The molecule has 1 heterocycles. The molecule has 27 heavy (non-hydrogen) atoms. The Hall–Kier alpha value is -2.82. The standard InChI is InChI=1S/C22H21NO4/c24-21(25)19-17-10-5-11-23(20(17)19)22(26)27-12-18-15-8-3-1-6-13(15)14-7-2-4-9-16(14)18/h1-4,6-9,17-20H,5,10-12H2,(H,24,25). The number of hydrogen-bond donors (Lipinski definition) is 1. The van der Waals surface area contributed by atoms with E-state index in [0.717, 1.165) is 12.8 Å².